The number of H-pyrrole nitrogens is 1. The second-order valence-corrected chi connectivity index (χ2v) is 6.14. The van der Waals surface area contributed by atoms with Crippen molar-refractivity contribution in [2.75, 3.05) is 24.6 Å². The van der Waals surface area contributed by atoms with E-state index in [9.17, 15) is 10.2 Å². The molecule has 4 heterocycles. The number of aliphatic hydroxyl groups excluding tert-OH is 1. The molecule has 0 radical (unpaired) electrons. The van der Waals surface area contributed by atoms with Gasteiger partial charge in [-0.05, 0) is 37.0 Å². The molecule has 0 aromatic carbocycles. The molecule has 24 heavy (non-hydrogen) atoms. The van der Waals surface area contributed by atoms with Gasteiger partial charge in [-0.1, -0.05) is 0 Å². The second-order valence-electron chi connectivity index (χ2n) is 6.14. The van der Waals surface area contributed by atoms with Gasteiger partial charge in [-0.25, -0.2) is 9.98 Å². The number of nitrogens with zero attached hydrogens (tertiary/aromatic N) is 4. The quantitative estimate of drug-likeness (QED) is 0.801. The van der Waals surface area contributed by atoms with Crippen LogP contribution in [-0.2, 0) is 0 Å². The summed E-state index contributed by atoms with van der Waals surface area (Å²) in [5.74, 6) is 1.70. The largest absolute Gasteiger partial charge is 0.492 e. The van der Waals surface area contributed by atoms with Crippen LogP contribution in [0.15, 0.2) is 23.3 Å². The molecule has 3 N–H and O–H groups in total. The Morgan fingerprint density at radius 2 is 2.17 bits per heavy atom. The number of aromatic amines is 1. The number of hydrogen-bond acceptors (Lipinski definition) is 6. The monoisotopic (exact) mass is 325 g/mol. The number of allylic oxidation sites excluding steroid dienone is 1. The van der Waals surface area contributed by atoms with Crippen LogP contribution in [0.5, 0.6) is 5.88 Å². The van der Waals surface area contributed by atoms with Crippen molar-refractivity contribution >= 4 is 29.6 Å². The summed E-state index contributed by atoms with van der Waals surface area (Å²) in [4.78, 5) is 18.0. The Balaban J connectivity index is 1.57. The molecular formula is C17H19N5O2. The number of aromatic nitrogens is 3. The van der Waals surface area contributed by atoms with E-state index in [0.717, 1.165) is 37.1 Å². The van der Waals surface area contributed by atoms with Gasteiger partial charge >= 0.3 is 0 Å². The van der Waals surface area contributed by atoms with Crippen LogP contribution in [0.2, 0.25) is 0 Å². The number of aliphatic imine (C=N–C) groups is 1. The van der Waals surface area contributed by atoms with Crippen LogP contribution in [0.4, 0.5) is 11.8 Å². The van der Waals surface area contributed by atoms with Crippen LogP contribution in [0.25, 0.3) is 11.6 Å². The van der Waals surface area contributed by atoms with Crippen molar-refractivity contribution in [2.24, 2.45) is 10.9 Å². The van der Waals surface area contributed by atoms with Gasteiger partial charge in [-0.15, -0.1) is 0 Å². The predicted molar refractivity (Wildman–Crippen MR) is 92.5 cm³/mol. The van der Waals surface area contributed by atoms with Crippen LogP contribution in [0, 0.1) is 5.92 Å². The van der Waals surface area contributed by atoms with Gasteiger partial charge < -0.3 is 20.1 Å². The van der Waals surface area contributed by atoms with E-state index in [0.29, 0.717) is 23.4 Å². The zero-order valence-electron chi connectivity index (χ0n) is 13.2. The molecule has 1 saturated heterocycles. The molecule has 4 rings (SSSR count). The Hall–Kier alpha value is -2.67. The van der Waals surface area contributed by atoms with Crippen LogP contribution in [0.3, 0.4) is 0 Å². The molecule has 2 aliphatic rings. The summed E-state index contributed by atoms with van der Waals surface area (Å²) >= 11 is 0. The van der Waals surface area contributed by atoms with E-state index < -0.39 is 0 Å². The molecular weight excluding hydrogens is 306 g/mol. The number of pyridine rings is 1. The fourth-order valence-electron chi connectivity index (χ4n) is 3.14. The second kappa shape index (κ2) is 6.09. The number of imidazole rings is 1. The van der Waals surface area contributed by atoms with Crippen LogP contribution < -0.4 is 4.90 Å². The number of hydrogen-bond donors (Lipinski definition) is 3. The van der Waals surface area contributed by atoms with Gasteiger partial charge in [-0.3, -0.25) is 0 Å². The maximum Gasteiger partial charge on any atom is 0.238 e. The summed E-state index contributed by atoms with van der Waals surface area (Å²) in [6.45, 7) is 1.88. The van der Waals surface area contributed by atoms with E-state index in [1.54, 1.807) is 12.4 Å². The minimum Gasteiger partial charge on any atom is -0.492 e. The molecule has 7 heteroatoms. The zero-order chi connectivity index (χ0) is 16.5. The van der Waals surface area contributed by atoms with Gasteiger partial charge in [-0.2, -0.15) is 4.98 Å². The lowest BCUT2D eigenvalue weighted by Gasteiger charge is -2.30. The van der Waals surface area contributed by atoms with Crippen molar-refractivity contribution in [1.82, 2.24) is 15.0 Å². The summed E-state index contributed by atoms with van der Waals surface area (Å²) in [5, 5.41) is 19.4. The molecule has 2 aliphatic heterocycles. The lowest BCUT2D eigenvalue weighted by atomic mass is 9.98. The molecule has 0 atom stereocenters. The van der Waals surface area contributed by atoms with Gasteiger partial charge in [0.2, 0.25) is 11.8 Å². The first-order valence-corrected chi connectivity index (χ1v) is 8.10. The topological polar surface area (TPSA) is 97.6 Å². The normalized spacial score (nSPS) is 19.2. The minimum atomic E-state index is -0.0208. The molecule has 2 aromatic heterocycles. The van der Waals surface area contributed by atoms with Crippen molar-refractivity contribution < 1.29 is 10.2 Å². The van der Waals surface area contributed by atoms with E-state index >= 15 is 0 Å². The summed E-state index contributed by atoms with van der Waals surface area (Å²) in [5.41, 5.74) is 2.40. The van der Waals surface area contributed by atoms with Crippen LogP contribution >= 0.6 is 0 Å². The predicted octanol–water partition coefficient (Wildman–Crippen LogP) is 1.98. The first-order valence-electron chi connectivity index (χ1n) is 8.10. The highest BCUT2D eigenvalue weighted by atomic mass is 16.3. The molecule has 124 valence electrons. The van der Waals surface area contributed by atoms with Gasteiger partial charge in [0, 0.05) is 43.2 Å². The number of fused-ring (bicyclic) bond motifs is 1. The molecule has 1 fully saturated rings. The molecule has 0 saturated carbocycles. The van der Waals surface area contributed by atoms with Gasteiger partial charge in [0.25, 0.3) is 0 Å². The Morgan fingerprint density at radius 3 is 2.96 bits per heavy atom. The van der Waals surface area contributed by atoms with E-state index in [-0.39, 0.29) is 12.5 Å². The van der Waals surface area contributed by atoms with Crippen molar-refractivity contribution in [1.29, 1.82) is 0 Å². The SMILES string of the molecule is OCC1CCN(c2nc(O)c(C=C3C=Nc4ncccc43)[nH]2)CC1. The Kier molecular flexibility index (Phi) is 3.78. The number of nitrogens with one attached hydrogen (secondary N) is 1. The van der Waals surface area contributed by atoms with Crippen molar-refractivity contribution in [2.45, 2.75) is 12.8 Å². The van der Waals surface area contributed by atoms with Gasteiger partial charge in [0.1, 0.15) is 5.69 Å². The van der Waals surface area contributed by atoms with Crippen molar-refractivity contribution in [3.8, 4) is 5.88 Å². The number of anilines is 1. The average Bonchev–Trinajstić information content (AvgIpc) is 3.20. The van der Waals surface area contributed by atoms with E-state index in [1.165, 1.54) is 0 Å². The third kappa shape index (κ3) is 2.67. The molecule has 0 amide bonds. The third-order valence-corrected chi connectivity index (χ3v) is 4.59. The fraction of sp³-hybridized carbons (Fsp3) is 0.353. The molecule has 0 aliphatic carbocycles. The number of aromatic hydroxyl groups is 1. The smallest absolute Gasteiger partial charge is 0.238 e. The highest BCUT2D eigenvalue weighted by molar-refractivity contribution is 6.20. The molecule has 7 nitrogen and oxygen atoms in total. The first kappa shape index (κ1) is 14.9. The van der Waals surface area contributed by atoms with Crippen LogP contribution in [-0.4, -0.2) is 51.1 Å². The summed E-state index contributed by atoms with van der Waals surface area (Å²) in [7, 11) is 0. The molecule has 0 bridgehead atoms. The molecule has 2 aromatic rings. The lowest BCUT2D eigenvalue weighted by molar-refractivity contribution is 0.202. The van der Waals surface area contributed by atoms with Crippen molar-refractivity contribution in [3.05, 3.63) is 29.6 Å². The Labute approximate surface area is 139 Å². The highest BCUT2D eigenvalue weighted by Crippen LogP contribution is 2.32. The van der Waals surface area contributed by atoms with E-state index in [4.69, 9.17) is 0 Å². The lowest BCUT2D eigenvalue weighted by Crippen LogP contribution is -2.35. The summed E-state index contributed by atoms with van der Waals surface area (Å²) in [6.07, 6.45) is 7.15. The average molecular weight is 325 g/mol. The van der Waals surface area contributed by atoms with Gasteiger partial charge in [0.05, 0.1) is 0 Å². The molecule has 0 unspecified atom stereocenters. The number of aliphatic hydroxyl groups is 1. The third-order valence-electron chi connectivity index (χ3n) is 4.59. The first-order chi connectivity index (χ1) is 11.7. The Morgan fingerprint density at radius 1 is 1.33 bits per heavy atom. The minimum absolute atomic E-state index is 0.0208. The fourth-order valence-corrected chi connectivity index (χ4v) is 3.14. The zero-order valence-corrected chi connectivity index (χ0v) is 13.2. The van der Waals surface area contributed by atoms with Crippen LogP contribution in [0.1, 0.15) is 24.1 Å². The maximum absolute atomic E-state index is 10.2. The standard InChI is InChI=1S/C17H19N5O2/c23-10-11-3-6-22(7-4-11)17-20-14(16(24)21-17)8-12-9-19-15-13(12)2-1-5-18-15/h1-2,5,8-9,11,23-24H,3-4,6-7,10H2,(H,20,21). The highest BCUT2D eigenvalue weighted by Gasteiger charge is 2.22. The summed E-state index contributed by atoms with van der Waals surface area (Å²) < 4.78 is 0. The summed E-state index contributed by atoms with van der Waals surface area (Å²) in [6, 6.07) is 3.82. The van der Waals surface area contributed by atoms with Crippen molar-refractivity contribution in [3.63, 3.8) is 0 Å². The molecule has 0 spiro atoms. The number of piperidine rings is 1. The number of rotatable bonds is 3. The Bertz CT molecular complexity index is 803. The maximum atomic E-state index is 10.2. The van der Waals surface area contributed by atoms with E-state index in [2.05, 4.69) is 24.8 Å². The van der Waals surface area contributed by atoms with E-state index in [1.807, 2.05) is 18.2 Å². The van der Waals surface area contributed by atoms with Gasteiger partial charge in [0.15, 0.2) is 5.82 Å².